The summed E-state index contributed by atoms with van der Waals surface area (Å²) in [4.78, 5) is 16.3. The van der Waals surface area contributed by atoms with Gasteiger partial charge in [-0.15, -0.1) is 0 Å². The second-order valence-electron chi connectivity index (χ2n) is 4.91. The summed E-state index contributed by atoms with van der Waals surface area (Å²) in [5.74, 6) is 0.457. The third kappa shape index (κ3) is 3.92. The number of rotatable bonds is 5. The highest BCUT2D eigenvalue weighted by Gasteiger charge is 2.16. The summed E-state index contributed by atoms with van der Waals surface area (Å²) < 4.78 is 15.5. The van der Waals surface area contributed by atoms with E-state index in [1.54, 1.807) is 25.3 Å². The molecule has 1 heterocycles. The average molecular weight is 379 g/mol. The molecular weight excluding hydrogens is 367 g/mol. The molecule has 0 unspecified atom stereocenters. The van der Waals surface area contributed by atoms with Gasteiger partial charge in [0.25, 0.3) is 5.89 Å². The second kappa shape index (κ2) is 7.55. The van der Waals surface area contributed by atoms with Crippen molar-refractivity contribution in [3.05, 3.63) is 64.0 Å². The van der Waals surface area contributed by atoms with Crippen LogP contribution in [0.4, 0.5) is 0 Å². The number of para-hydroxylation sites is 1. The molecule has 0 N–H and O–H groups in total. The average Bonchev–Trinajstić information content (AvgIpc) is 3.10. The number of benzene rings is 2. The minimum Gasteiger partial charge on any atom is -0.496 e. The Morgan fingerprint density at radius 3 is 2.80 bits per heavy atom. The van der Waals surface area contributed by atoms with Crippen LogP contribution >= 0.6 is 23.2 Å². The van der Waals surface area contributed by atoms with Gasteiger partial charge in [0.2, 0.25) is 5.82 Å². The van der Waals surface area contributed by atoms with E-state index < -0.39 is 5.97 Å². The maximum atomic E-state index is 12.1. The van der Waals surface area contributed by atoms with Crippen LogP contribution in [-0.4, -0.2) is 23.2 Å². The minimum absolute atomic E-state index is 0.146. The predicted molar refractivity (Wildman–Crippen MR) is 91.9 cm³/mol. The normalized spacial score (nSPS) is 10.5. The van der Waals surface area contributed by atoms with Crippen LogP contribution in [0.1, 0.15) is 16.2 Å². The van der Waals surface area contributed by atoms with Gasteiger partial charge in [-0.1, -0.05) is 40.5 Å². The zero-order valence-corrected chi connectivity index (χ0v) is 14.5. The first-order valence-electron chi connectivity index (χ1n) is 7.16. The summed E-state index contributed by atoms with van der Waals surface area (Å²) in [6.45, 7) is -0.191. The van der Waals surface area contributed by atoms with Gasteiger partial charge in [-0.3, -0.25) is 0 Å². The SMILES string of the molecule is COc1ccccc1-c1noc(COC(=O)c2cc(Cl)ccc2Cl)n1. The van der Waals surface area contributed by atoms with Crippen LogP contribution in [-0.2, 0) is 11.3 Å². The first-order chi connectivity index (χ1) is 12.1. The van der Waals surface area contributed by atoms with Gasteiger partial charge in [0.15, 0.2) is 6.61 Å². The topological polar surface area (TPSA) is 74.5 Å². The summed E-state index contributed by atoms with van der Waals surface area (Å²) >= 11 is 11.8. The number of carbonyl (C=O) groups excluding carboxylic acids is 1. The van der Waals surface area contributed by atoms with Gasteiger partial charge in [0.05, 0.1) is 23.3 Å². The molecule has 0 saturated heterocycles. The standard InChI is InChI=1S/C17H12Cl2N2O4/c1-23-14-5-3-2-4-11(14)16-20-15(25-21-16)9-24-17(22)12-8-10(18)6-7-13(12)19/h2-8H,9H2,1H3. The molecule has 0 spiro atoms. The van der Waals surface area contributed by atoms with Crippen molar-refractivity contribution in [1.29, 1.82) is 0 Å². The zero-order valence-electron chi connectivity index (χ0n) is 13.0. The van der Waals surface area contributed by atoms with Crippen molar-refractivity contribution < 1.29 is 18.8 Å². The lowest BCUT2D eigenvalue weighted by molar-refractivity contribution is 0.0430. The third-order valence-electron chi connectivity index (χ3n) is 3.29. The van der Waals surface area contributed by atoms with Gasteiger partial charge < -0.3 is 14.0 Å². The Kier molecular flexibility index (Phi) is 5.21. The molecule has 128 valence electrons. The molecule has 3 rings (SSSR count). The fourth-order valence-corrected chi connectivity index (χ4v) is 2.48. The van der Waals surface area contributed by atoms with E-state index in [1.807, 2.05) is 12.1 Å². The highest BCUT2D eigenvalue weighted by atomic mass is 35.5. The highest BCUT2D eigenvalue weighted by molar-refractivity contribution is 6.35. The Bertz CT molecular complexity index is 911. The number of halogens is 2. The maximum absolute atomic E-state index is 12.1. The molecule has 8 heteroatoms. The quantitative estimate of drug-likeness (QED) is 0.612. The Balaban J connectivity index is 1.72. The molecule has 25 heavy (non-hydrogen) atoms. The van der Waals surface area contributed by atoms with Crippen LogP contribution in [0, 0.1) is 0 Å². The smallest absolute Gasteiger partial charge is 0.340 e. The molecule has 0 aliphatic heterocycles. The molecule has 0 amide bonds. The molecule has 0 radical (unpaired) electrons. The van der Waals surface area contributed by atoms with Crippen molar-refractivity contribution >= 4 is 29.2 Å². The van der Waals surface area contributed by atoms with E-state index in [4.69, 9.17) is 37.2 Å². The van der Waals surface area contributed by atoms with Gasteiger partial charge in [0.1, 0.15) is 5.75 Å². The van der Waals surface area contributed by atoms with Gasteiger partial charge in [-0.2, -0.15) is 4.98 Å². The lowest BCUT2D eigenvalue weighted by Gasteiger charge is -2.04. The number of ether oxygens (including phenoxy) is 2. The van der Waals surface area contributed by atoms with Gasteiger partial charge in [-0.25, -0.2) is 4.79 Å². The minimum atomic E-state index is -0.635. The van der Waals surface area contributed by atoms with Crippen molar-refractivity contribution in [2.24, 2.45) is 0 Å². The summed E-state index contributed by atoms with van der Waals surface area (Å²) in [6.07, 6.45) is 0. The largest absolute Gasteiger partial charge is 0.496 e. The number of esters is 1. The molecule has 0 atom stereocenters. The second-order valence-corrected chi connectivity index (χ2v) is 5.76. The van der Waals surface area contributed by atoms with E-state index >= 15 is 0 Å². The van der Waals surface area contributed by atoms with Crippen LogP contribution in [0.5, 0.6) is 5.75 Å². The molecule has 1 aromatic heterocycles. The number of nitrogens with zero attached hydrogens (tertiary/aromatic N) is 2. The van der Waals surface area contributed by atoms with E-state index in [-0.39, 0.29) is 23.1 Å². The van der Waals surface area contributed by atoms with Crippen LogP contribution in [0.15, 0.2) is 47.0 Å². The van der Waals surface area contributed by atoms with Crippen LogP contribution in [0.3, 0.4) is 0 Å². The fraction of sp³-hybridized carbons (Fsp3) is 0.118. The molecule has 3 aromatic rings. The molecule has 0 aliphatic carbocycles. The molecule has 0 fully saturated rings. The fourth-order valence-electron chi connectivity index (χ4n) is 2.11. The van der Waals surface area contributed by atoms with E-state index in [0.29, 0.717) is 22.2 Å². The number of methoxy groups -OCH3 is 1. The predicted octanol–water partition coefficient (Wildman–Crippen LogP) is 4.41. The Labute approximate surface area is 153 Å². The van der Waals surface area contributed by atoms with Crippen molar-refractivity contribution in [3.63, 3.8) is 0 Å². The van der Waals surface area contributed by atoms with Crippen molar-refractivity contribution in [2.45, 2.75) is 6.61 Å². The first kappa shape index (κ1) is 17.3. The summed E-state index contributed by atoms with van der Waals surface area (Å²) in [5, 5.41) is 4.50. The Hall–Kier alpha value is -2.57. The lowest BCUT2D eigenvalue weighted by atomic mass is 10.2. The van der Waals surface area contributed by atoms with Gasteiger partial charge in [0, 0.05) is 5.02 Å². The first-order valence-corrected chi connectivity index (χ1v) is 7.92. The third-order valence-corrected chi connectivity index (χ3v) is 3.86. The Morgan fingerprint density at radius 1 is 1.20 bits per heavy atom. The summed E-state index contributed by atoms with van der Waals surface area (Å²) in [6, 6.07) is 11.8. The van der Waals surface area contributed by atoms with E-state index in [0.717, 1.165) is 0 Å². The monoisotopic (exact) mass is 378 g/mol. The maximum Gasteiger partial charge on any atom is 0.340 e. The molecule has 0 aliphatic rings. The van der Waals surface area contributed by atoms with Crippen LogP contribution in [0.2, 0.25) is 10.0 Å². The number of carbonyl (C=O) groups is 1. The van der Waals surface area contributed by atoms with E-state index in [1.165, 1.54) is 12.1 Å². The molecule has 0 saturated carbocycles. The lowest BCUT2D eigenvalue weighted by Crippen LogP contribution is -2.06. The summed E-state index contributed by atoms with van der Waals surface area (Å²) in [5.41, 5.74) is 0.836. The van der Waals surface area contributed by atoms with Gasteiger partial charge >= 0.3 is 5.97 Å². The van der Waals surface area contributed by atoms with Crippen molar-refractivity contribution in [1.82, 2.24) is 10.1 Å². The number of aromatic nitrogens is 2. The van der Waals surface area contributed by atoms with E-state index in [2.05, 4.69) is 10.1 Å². The zero-order chi connectivity index (χ0) is 17.8. The molecule has 0 bridgehead atoms. The number of hydrogen-bond acceptors (Lipinski definition) is 6. The Morgan fingerprint density at radius 2 is 2.00 bits per heavy atom. The molecular formula is C17H12Cl2N2O4. The highest BCUT2D eigenvalue weighted by Crippen LogP contribution is 2.27. The number of hydrogen-bond donors (Lipinski definition) is 0. The van der Waals surface area contributed by atoms with E-state index in [9.17, 15) is 4.79 Å². The van der Waals surface area contributed by atoms with Crippen molar-refractivity contribution in [3.8, 4) is 17.1 Å². The molecule has 6 nitrogen and oxygen atoms in total. The van der Waals surface area contributed by atoms with Gasteiger partial charge in [-0.05, 0) is 30.3 Å². The van der Waals surface area contributed by atoms with Crippen LogP contribution in [0.25, 0.3) is 11.4 Å². The van der Waals surface area contributed by atoms with Crippen LogP contribution < -0.4 is 4.74 Å². The summed E-state index contributed by atoms with van der Waals surface area (Å²) in [7, 11) is 1.55. The van der Waals surface area contributed by atoms with Crippen molar-refractivity contribution in [2.75, 3.05) is 7.11 Å². The molecule has 2 aromatic carbocycles.